The molecule has 4 nitrogen and oxygen atoms in total. The summed E-state index contributed by atoms with van der Waals surface area (Å²) in [5.74, 6) is 0.823. The van der Waals surface area contributed by atoms with Crippen molar-refractivity contribution in [2.75, 3.05) is 13.1 Å². The van der Waals surface area contributed by atoms with E-state index >= 15 is 0 Å². The number of hydrogen-bond donors (Lipinski definition) is 1. The minimum atomic E-state index is 0.0729. The van der Waals surface area contributed by atoms with Crippen LogP contribution in [0.15, 0.2) is 10.9 Å². The first kappa shape index (κ1) is 9.40. The van der Waals surface area contributed by atoms with E-state index in [4.69, 9.17) is 0 Å². The fourth-order valence-electron chi connectivity index (χ4n) is 2.05. The first-order valence-corrected chi connectivity index (χ1v) is 4.96. The minimum absolute atomic E-state index is 0.0729. The predicted molar refractivity (Wildman–Crippen MR) is 54.5 cm³/mol. The molecule has 1 aliphatic heterocycles. The molecular weight excluding hydrogens is 178 g/mol. The molecule has 1 atom stereocenters. The van der Waals surface area contributed by atoms with Gasteiger partial charge in [-0.1, -0.05) is 0 Å². The van der Waals surface area contributed by atoms with Crippen molar-refractivity contribution in [3.8, 4) is 0 Å². The Balaban J connectivity index is 2.46. The Bertz CT molecular complexity index is 391. The summed E-state index contributed by atoms with van der Waals surface area (Å²) >= 11 is 0. The summed E-state index contributed by atoms with van der Waals surface area (Å²) in [4.78, 5) is 16.1. The summed E-state index contributed by atoms with van der Waals surface area (Å²) in [6, 6.07) is 1.89. The van der Waals surface area contributed by atoms with Gasteiger partial charge in [0.15, 0.2) is 0 Å². The molecule has 1 aromatic heterocycles. The highest BCUT2D eigenvalue weighted by Crippen LogP contribution is 2.13. The summed E-state index contributed by atoms with van der Waals surface area (Å²) in [5, 5.41) is 3.25. The summed E-state index contributed by atoms with van der Waals surface area (Å²) in [7, 11) is 0. The van der Waals surface area contributed by atoms with Crippen molar-refractivity contribution in [2.45, 2.75) is 26.3 Å². The minimum Gasteiger partial charge on any atom is -0.315 e. The summed E-state index contributed by atoms with van der Waals surface area (Å²) in [6.07, 6.45) is 1.02. The van der Waals surface area contributed by atoms with Gasteiger partial charge in [-0.05, 0) is 26.8 Å². The highest BCUT2D eigenvalue weighted by atomic mass is 16.1. The molecule has 1 unspecified atom stereocenters. The first-order chi connectivity index (χ1) is 6.68. The van der Waals surface area contributed by atoms with Crippen LogP contribution in [-0.4, -0.2) is 22.6 Å². The molecule has 0 radical (unpaired) electrons. The van der Waals surface area contributed by atoms with Gasteiger partial charge in [0.2, 0.25) is 0 Å². The van der Waals surface area contributed by atoms with Gasteiger partial charge < -0.3 is 5.32 Å². The van der Waals surface area contributed by atoms with Crippen LogP contribution < -0.4 is 10.9 Å². The second-order valence-electron chi connectivity index (χ2n) is 3.80. The van der Waals surface area contributed by atoms with Gasteiger partial charge in [-0.2, -0.15) is 0 Å². The van der Waals surface area contributed by atoms with Crippen molar-refractivity contribution in [3.05, 3.63) is 27.9 Å². The number of hydrogen-bond acceptors (Lipinski definition) is 3. The Morgan fingerprint density at radius 3 is 2.93 bits per heavy atom. The van der Waals surface area contributed by atoms with Crippen LogP contribution in [0.3, 0.4) is 0 Å². The quantitative estimate of drug-likeness (QED) is 0.702. The Labute approximate surface area is 83.0 Å². The Morgan fingerprint density at radius 2 is 2.36 bits per heavy atom. The number of aromatic nitrogens is 2. The fourth-order valence-corrected chi connectivity index (χ4v) is 2.05. The van der Waals surface area contributed by atoms with Crippen LogP contribution in [-0.2, 0) is 0 Å². The van der Waals surface area contributed by atoms with E-state index in [1.807, 2.05) is 13.8 Å². The van der Waals surface area contributed by atoms with Crippen LogP contribution in [0.5, 0.6) is 0 Å². The van der Waals surface area contributed by atoms with Gasteiger partial charge in [0.25, 0.3) is 5.56 Å². The zero-order valence-corrected chi connectivity index (χ0v) is 8.58. The second kappa shape index (κ2) is 3.53. The topological polar surface area (TPSA) is 46.9 Å². The highest BCUT2D eigenvalue weighted by molar-refractivity contribution is 5.03. The average Bonchev–Trinajstić information content (AvgIpc) is 2.54. The van der Waals surface area contributed by atoms with E-state index < -0.39 is 0 Å². The van der Waals surface area contributed by atoms with Crippen molar-refractivity contribution in [1.82, 2.24) is 14.9 Å². The number of rotatable bonds is 1. The predicted octanol–water partition coefficient (Wildman–Crippen LogP) is 0.395. The van der Waals surface area contributed by atoms with Crippen LogP contribution in [0.2, 0.25) is 0 Å². The van der Waals surface area contributed by atoms with Gasteiger partial charge in [-0.15, -0.1) is 0 Å². The van der Waals surface area contributed by atoms with Crippen LogP contribution in [0, 0.1) is 13.8 Å². The molecule has 0 aromatic carbocycles. The maximum Gasteiger partial charge on any atom is 0.254 e. The van der Waals surface area contributed by atoms with Crippen molar-refractivity contribution in [3.63, 3.8) is 0 Å². The molecule has 0 saturated carbocycles. The van der Waals surface area contributed by atoms with Crippen molar-refractivity contribution < 1.29 is 0 Å². The smallest absolute Gasteiger partial charge is 0.254 e. The maximum atomic E-state index is 11.7. The molecule has 0 amide bonds. The van der Waals surface area contributed by atoms with E-state index in [0.717, 1.165) is 31.0 Å². The summed E-state index contributed by atoms with van der Waals surface area (Å²) in [5.41, 5.74) is 0.874. The fraction of sp³-hybridized carbons (Fsp3) is 0.600. The zero-order valence-electron chi connectivity index (χ0n) is 8.58. The van der Waals surface area contributed by atoms with Crippen LogP contribution >= 0.6 is 0 Å². The maximum absolute atomic E-state index is 11.7. The molecule has 1 fully saturated rings. The lowest BCUT2D eigenvalue weighted by molar-refractivity contribution is 0.504. The molecule has 2 rings (SSSR count). The Morgan fingerprint density at radius 1 is 1.57 bits per heavy atom. The largest absolute Gasteiger partial charge is 0.315 e. The van der Waals surface area contributed by atoms with Gasteiger partial charge in [0.05, 0.1) is 6.04 Å². The third-order valence-corrected chi connectivity index (χ3v) is 2.66. The summed E-state index contributed by atoms with van der Waals surface area (Å²) < 4.78 is 1.80. The van der Waals surface area contributed by atoms with E-state index in [1.165, 1.54) is 0 Å². The van der Waals surface area contributed by atoms with E-state index in [2.05, 4.69) is 10.3 Å². The second-order valence-corrected chi connectivity index (χ2v) is 3.80. The average molecular weight is 193 g/mol. The zero-order chi connectivity index (χ0) is 10.1. The number of aryl methyl sites for hydroxylation is 2. The summed E-state index contributed by atoms with van der Waals surface area (Å²) in [6.45, 7) is 5.62. The van der Waals surface area contributed by atoms with Gasteiger partial charge >= 0.3 is 0 Å². The molecule has 0 spiro atoms. The standard InChI is InChI=1S/C10H15N3O/c1-7-5-10(14)13(8(2)12-7)9-3-4-11-6-9/h5,9,11H,3-4,6H2,1-2H3. The van der Waals surface area contributed by atoms with Crippen LogP contribution in [0.25, 0.3) is 0 Å². The lowest BCUT2D eigenvalue weighted by Crippen LogP contribution is -2.29. The molecular formula is C10H15N3O. The monoisotopic (exact) mass is 193 g/mol. The lowest BCUT2D eigenvalue weighted by Gasteiger charge is -2.15. The number of nitrogens with zero attached hydrogens (tertiary/aromatic N) is 2. The molecule has 0 aliphatic carbocycles. The molecule has 1 saturated heterocycles. The number of nitrogens with one attached hydrogen (secondary N) is 1. The van der Waals surface area contributed by atoms with Gasteiger partial charge in [-0.3, -0.25) is 9.36 Å². The molecule has 4 heteroatoms. The molecule has 0 bridgehead atoms. The van der Waals surface area contributed by atoms with Gasteiger partial charge in [0.1, 0.15) is 5.82 Å². The third-order valence-electron chi connectivity index (χ3n) is 2.66. The van der Waals surface area contributed by atoms with Gasteiger partial charge in [0, 0.05) is 18.3 Å². The normalized spacial score (nSPS) is 21.4. The van der Waals surface area contributed by atoms with Crippen molar-refractivity contribution in [1.29, 1.82) is 0 Å². The Kier molecular flexibility index (Phi) is 2.37. The van der Waals surface area contributed by atoms with Crippen LogP contribution in [0.4, 0.5) is 0 Å². The highest BCUT2D eigenvalue weighted by Gasteiger charge is 2.19. The van der Waals surface area contributed by atoms with Crippen molar-refractivity contribution >= 4 is 0 Å². The molecule has 1 aliphatic rings. The van der Waals surface area contributed by atoms with Crippen molar-refractivity contribution in [2.24, 2.45) is 0 Å². The van der Waals surface area contributed by atoms with Crippen LogP contribution in [0.1, 0.15) is 24.0 Å². The van der Waals surface area contributed by atoms with E-state index in [0.29, 0.717) is 0 Å². The van der Waals surface area contributed by atoms with E-state index in [1.54, 1.807) is 10.6 Å². The first-order valence-electron chi connectivity index (χ1n) is 4.96. The molecule has 14 heavy (non-hydrogen) atoms. The molecule has 1 aromatic rings. The Hall–Kier alpha value is -1.16. The third kappa shape index (κ3) is 1.57. The molecule has 2 heterocycles. The van der Waals surface area contributed by atoms with Gasteiger partial charge in [-0.25, -0.2) is 4.98 Å². The van der Waals surface area contributed by atoms with E-state index in [-0.39, 0.29) is 11.6 Å². The van der Waals surface area contributed by atoms with E-state index in [9.17, 15) is 4.79 Å². The SMILES string of the molecule is Cc1cc(=O)n(C2CCNC2)c(C)n1. The molecule has 1 N–H and O–H groups in total. The molecule has 76 valence electrons. The lowest BCUT2D eigenvalue weighted by atomic mass is 10.2.